The van der Waals surface area contributed by atoms with Crippen molar-refractivity contribution in [3.05, 3.63) is 34.9 Å². The maximum atomic E-state index is 13.2. The lowest BCUT2D eigenvalue weighted by Gasteiger charge is -2.29. The van der Waals surface area contributed by atoms with E-state index >= 15 is 0 Å². The number of hydrogen-bond donors (Lipinski definition) is 1. The Hall–Kier alpha value is -2.21. The van der Waals surface area contributed by atoms with Crippen LogP contribution in [0, 0.1) is 0 Å². The van der Waals surface area contributed by atoms with Crippen molar-refractivity contribution in [2.24, 2.45) is 0 Å². The largest absolute Gasteiger partial charge is 0.334 e. The molecule has 1 N–H and O–H groups in total. The van der Waals surface area contributed by atoms with Gasteiger partial charge in [-0.25, -0.2) is 0 Å². The van der Waals surface area contributed by atoms with Gasteiger partial charge in [0.05, 0.1) is 11.1 Å². The Bertz CT molecular complexity index is 779. The van der Waals surface area contributed by atoms with Crippen molar-refractivity contribution < 1.29 is 14.4 Å². The molecule has 4 rings (SSSR count). The summed E-state index contributed by atoms with van der Waals surface area (Å²) in [5.74, 6) is -0.475. The molecule has 1 atom stereocenters. The summed E-state index contributed by atoms with van der Waals surface area (Å²) in [6, 6.07) is 5.22. The molecular formula is C22H29N3O3. The Labute approximate surface area is 166 Å². The SMILES string of the molecule is CCCN(C(=O)c1ccc2c(c1)C(=O)N(C1CCCCC1)C2=O)C1CCNC1. The summed E-state index contributed by atoms with van der Waals surface area (Å²) >= 11 is 0. The third-order valence-electron chi connectivity index (χ3n) is 6.31. The summed E-state index contributed by atoms with van der Waals surface area (Å²) < 4.78 is 0. The number of nitrogens with zero attached hydrogens (tertiary/aromatic N) is 2. The average Bonchev–Trinajstić information content (AvgIpc) is 3.33. The normalized spacial score (nSPS) is 22.6. The van der Waals surface area contributed by atoms with Gasteiger partial charge in [-0.05, 0) is 50.4 Å². The lowest BCUT2D eigenvalue weighted by atomic mass is 9.94. The number of imide groups is 1. The predicted octanol–water partition coefficient (Wildman–Crippen LogP) is 2.83. The van der Waals surface area contributed by atoms with E-state index in [1.165, 1.54) is 11.3 Å². The van der Waals surface area contributed by atoms with Gasteiger partial charge in [-0.15, -0.1) is 0 Å². The molecule has 1 saturated carbocycles. The summed E-state index contributed by atoms with van der Waals surface area (Å²) in [7, 11) is 0. The third-order valence-corrected chi connectivity index (χ3v) is 6.31. The second kappa shape index (κ2) is 8.03. The van der Waals surface area contributed by atoms with Gasteiger partial charge in [-0.2, -0.15) is 0 Å². The summed E-state index contributed by atoms with van der Waals surface area (Å²) in [6.45, 7) is 4.49. The Morgan fingerprint density at radius 1 is 1.11 bits per heavy atom. The zero-order valence-corrected chi connectivity index (χ0v) is 16.6. The predicted molar refractivity (Wildman–Crippen MR) is 106 cm³/mol. The van der Waals surface area contributed by atoms with Crippen LogP contribution in [-0.4, -0.2) is 59.2 Å². The summed E-state index contributed by atoms with van der Waals surface area (Å²) in [6.07, 6.45) is 6.89. The highest BCUT2D eigenvalue weighted by molar-refractivity contribution is 6.22. The average molecular weight is 383 g/mol. The van der Waals surface area contributed by atoms with Gasteiger partial charge in [-0.1, -0.05) is 26.2 Å². The van der Waals surface area contributed by atoms with E-state index in [4.69, 9.17) is 0 Å². The number of rotatable bonds is 5. The van der Waals surface area contributed by atoms with Gasteiger partial charge in [0.25, 0.3) is 17.7 Å². The van der Waals surface area contributed by atoms with Crippen molar-refractivity contribution >= 4 is 17.7 Å². The van der Waals surface area contributed by atoms with Crippen LogP contribution in [0.2, 0.25) is 0 Å². The van der Waals surface area contributed by atoms with Crippen LogP contribution in [0.25, 0.3) is 0 Å². The molecule has 1 unspecified atom stereocenters. The quantitative estimate of drug-likeness (QED) is 0.794. The highest BCUT2D eigenvalue weighted by Gasteiger charge is 2.40. The van der Waals surface area contributed by atoms with E-state index < -0.39 is 0 Å². The van der Waals surface area contributed by atoms with Crippen molar-refractivity contribution in [3.63, 3.8) is 0 Å². The van der Waals surface area contributed by atoms with E-state index in [1.807, 2.05) is 4.90 Å². The van der Waals surface area contributed by atoms with Gasteiger partial charge >= 0.3 is 0 Å². The van der Waals surface area contributed by atoms with Gasteiger partial charge in [-0.3, -0.25) is 19.3 Å². The minimum absolute atomic E-state index is 0.00135. The van der Waals surface area contributed by atoms with Gasteiger partial charge in [0.1, 0.15) is 0 Å². The number of amides is 3. The Balaban J connectivity index is 1.59. The maximum absolute atomic E-state index is 13.2. The second-order valence-corrected chi connectivity index (χ2v) is 8.18. The molecule has 28 heavy (non-hydrogen) atoms. The smallest absolute Gasteiger partial charge is 0.261 e. The fourth-order valence-corrected chi connectivity index (χ4v) is 4.83. The molecule has 6 nitrogen and oxygen atoms in total. The lowest BCUT2D eigenvalue weighted by molar-refractivity contribution is 0.0548. The molecule has 1 aromatic carbocycles. The molecule has 3 amide bonds. The third kappa shape index (κ3) is 3.34. The van der Waals surface area contributed by atoms with Crippen LogP contribution < -0.4 is 5.32 Å². The summed E-state index contributed by atoms with van der Waals surface area (Å²) in [5, 5.41) is 3.31. The molecular weight excluding hydrogens is 354 g/mol. The van der Waals surface area contributed by atoms with Crippen molar-refractivity contribution in [2.45, 2.75) is 64.0 Å². The maximum Gasteiger partial charge on any atom is 0.261 e. The van der Waals surface area contributed by atoms with Crippen LogP contribution in [-0.2, 0) is 0 Å². The fraction of sp³-hybridized carbons (Fsp3) is 0.591. The Morgan fingerprint density at radius 3 is 2.54 bits per heavy atom. The monoisotopic (exact) mass is 383 g/mol. The highest BCUT2D eigenvalue weighted by Crippen LogP contribution is 2.31. The van der Waals surface area contributed by atoms with Crippen LogP contribution in [0.5, 0.6) is 0 Å². The first-order valence-electron chi connectivity index (χ1n) is 10.7. The number of nitrogens with one attached hydrogen (secondary N) is 1. The summed E-state index contributed by atoms with van der Waals surface area (Å²) in [5.41, 5.74) is 1.34. The lowest BCUT2D eigenvalue weighted by Crippen LogP contribution is -2.42. The standard InChI is InChI=1S/C22H29N3O3/c1-2-12-24(17-10-11-23-14-17)20(26)15-8-9-18-19(13-15)22(28)25(21(18)27)16-6-4-3-5-7-16/h8-9,13,16-17,23H,2-7,10-12,14H2,1H3. The molecule has 1 aliphatic carbocycles. The van der Waals surface area contributed by atoms with Crippen LogP contribution >= 0.6 is 0 Å². The molecule has 6 heteroatoms. The number of benzene rings is 1. The van der Waals surface area contributed by atoms with E-state index in [0.717, 1.165) is 51.6 Å². The van der Waals surface area contributed by atoms with Gasteiger partial charge < -0.3 is 10.2 Å². The number of carbonyl (C=O) groups excluding carboxylic acids is 3. The van der Waals surface area contributed by atoms with Crippen LogP contribution in [0.3, 0.4) is 0 Å². The molecule has 0 radical (unpaired) electrons. The fourth-order valence-electron chi connectivity index (χ4n) is 4.83. The van der Waals surface area contributed by atoms with Crippen LogP contribution in [0.15, 0.2) is 18.2 Å². The topological polar surface area (TPSA) is 69.7 Å². The van der Waals surface area contributed by atoms with Crippen molar-refractivity contribution in [3.8, 4) is 0 Å². The van der Waals surface area contributed by atoms with E-state index in [2.05, 4.69) is 12.2 Å². The Kier molecular flexibility index (Phi) is 5.49. The van der Waals surface area contributed by atoms with Crippen molar-refractivity contribution in [1.82, 2.24) is 15.1 Å². The molecule has 0 aromatic heterocycles. The minimum atomic E-state index is -0.230. The van der Waals surface area contributed by atoms with Crippen molar-refractivity contribution in [2.75, 3.05) is 19.6 Å². The van der Waals surface area contributed by atoms with E-state index in [0.29, 0.717) is 23.2 Å². The molecule has 2 aliphatic heterocycles. The second-order valence-electron chi connectivity index (χ2n) is 8.18. The van der Waals surface area contributed by atoms with Gasteiger partial charge in [0.2, 0.25) is 0 Å². The first kappa shape index (κ1) is 19.1. The zero-order valence-electron chi connectivity index (χ0n) is 16.6. The van der Waals surface area contributed by atoms with Gasteiger partial charge in [0, 0.05) is 30.7 Å². The van der Waals surface area contributed by atoms with E-state index in [-0.39, 0.29) is 29.8 Å². The number of hydrogen-bond acceptors (Lipinski definition) is 4. The molecule has 3 aliphatic rings. The van der Waals surface area contributed by atoms with E-state index in [9.17, 15) is 14.4 Å². The highest BCUT2D eigenvalue weighted by atomic mass is 16.2. The first-order valence-corrected chi connectivity index (χ1v) is 10.7. The molecule has 2 fully saturated rings. The molecule has 0 spiro atoms. The molecule has 1 saturated heterocycles. The Morgan fingerprint density at radius 2 is 1.86 bits per heavy atom. The molecule has 1 aromatic rings. The molecule has 150 valence electrons. The van der Waals surface area contributed by atoms with Crippen molar-refractivity contribution in [1.29, 1.82) is 0 Å². The van der Waals surface area contributed by atoms with Gasteiger partial charge in [0.15, 0.2) is 0 Å². The molecule has 2 heterocycles. The summed E-state index contributed by atoms with van der Waals surface area (Å²) in [4.78, 5) is 42.4. The van der Waals surface area contributed by atoms with E-state index in [1.54, 1.807) is 18.2 Å². The number of fused-ring (bicyclic) bond motifs is 1. The van der Waals surface area contributed by atoms with Crippen LogP contribution in [0.1, 0.15) is 82.9 Å². The zero-order chi connectivity index (χ0) is 19.7. The number of carbonyl (C=O) groups is 3. The van der Waals surface area contributed by atoms with Crippen LogP contribution in [0.4, 0.5) is 0 Å². The minimum Gasteiger partial charge on any atom is -0.334 e. The first-order chi connectivity index (χ1) is 13.6. The molecule has 0 bridgehead atoms.